The van der Waals surface area contributed by atoms with Crippen molar-refractivity contribution in [3.8, 4) is 0 Å². The zero-order valence-corrected chi connectivity index (χ0v) is 14.7. The van der Waals surface area contributed by atoms with E-state index in [2.05, 4.69) is 27.2 Å². The molecule has 124 valence electrons. The first-order chi connectivity index (χ1) is 10.9. The van der Waals surface area contributed by atoms with Crippen LogP contribution in [0.3, 0.4) is 0 Å². The van der Waals surface area contributed by atoms with Gasteiger partial charge in [-0.25, -0.2) is 8.42 Å². The van der Waals surface area contributed by atoms with Gasteiger partial charge < -0.3 is 5.32 Å². The van der Waals surface area contributed by atoms with Crippen LogP contribution in [0.1, 0.15) is 19.8 Å². The quantitative estimate of drug-likeness (QED) is 0.720. The molecule has 9 heteroatoms. The van der Waals surface area contributed by atoms with E-state index >= 15 is 0 Å². The minimum absolute atomic E-state index is 0.00107. The highest BCUT2D eigenvalue weighted by molar-refractivity contribution is 7.92. The van der Waals surface area contributed by atoms with E-state index in [4.69, 9.17) is 23.2 Å². The van der Waals surface area contributed by atoms with Crippen molar-refractivity contribution in [1.82, 2.24) is 10.2 Å². The van der Waals surface area contributed by atoms with Crippen molar-refractivity contribution in [2.45, 2.75) is 24.7 Å². The van der Waals surface area contributed by atoms with Crippen LogP contribution in [-0.2, 0) is 10.0 Å². The summed E-state index contributed by atoms with van der Waals surface area (Å²) >= 11 is 11.6. The van der Waals surface area contributed by atoms with Crippen LogP contribution in [0.5, 0.6) is 0 Å². The van der Waals surface area contributed by atoms with Gasteiger partial charge in [-0.15, -0.1) is 10.2 Å². The number of unbranched alkanes of at least 4 members (excludes halogenated alkanes) is 1. The van der Waals surface area contributed by atoms with Gasteiger partial charge in [-0.3, -0.25) is 4.72 Å². The number of sulfonamides is 1. The molecule has 6 nitrogen and oxygen atoms in total. The van der Waals surface area contributed by atoms with E-state index in [1.807, 2.05) is 0 Å². The molecule has 0 bridgehead atoms. The number of halogens is 2. The van der Waals surface area contributed by atoms with Crippen molar-refractivity contribution in [3.63, 3.8) is 0 Å². The van der Waals surface area contributed by atoms with Crippen LogP contribution in [0.4, 0.5) is 11.6 Å². The molecule has 0 saturated carbocycles. The molecule has 2 aromatic rings. The number of hydrogen-bond acceptors (Lipinski definition) is 5. The number of nitrogens with one attached hydrogen (secondary N) is 2. The number of anilines is 2. The molecule has 1 aromatic carbocycles. The molecule has 23 heavy (non-hydrogen) atoms. The van der Waals surface area contributed by atoms with Gasteiger partial charge in [0.05, 0.1) is 14.9 Å². The SMILES string of the molecule is CCCCNc1ccc(NS(=O)(=O)c2ccc(Cl)c(Cl)c2)nn1. The van der Waals surface area contributed by atoms with E-state index in [0.29, 0.717) is 5.82 Å². The largest absolute Gasteiger partial charge is 0.369 e. The van der Waals surface area contributed by atoms with Crippen molar-refractivity contribution >= 4 is 44.9 Å². The normalized spacial score (nSPS) is 11.3. The van der Waals surface area contributed by atoms with E-state index in [-0.39, 0.29) is 20.8 Å². The van der Waals surface area contributed by atoms with Gasteiger partial charge in [0.2, 0.25) is 0 Å². The van der Waals surface area contributed by atoms with E-state index in [1.54, 1.807) is 6.07 Å². The third kappa shape index (κ3) is 4.95. The second kappa shape index (κ2) is 7.81. The fourth-order valence-electron chi connectivity index (χ4n) is 1.71. The summed E-state index contributed by atoms with van der Waals surface area (Å²) in [6.07, 6.45) is 2.09. The van der Waals surface area contributed by atoms with Crippen molar-refractivity contribution in [2.24, 2.45) is 0 Å². The molecule has 0 aliphatic heterocycles. The molecule has 0 spiro atoms. The number of nitrogens with zero attached hydrogens (tertiary/aromatic N) is 2. The second-order valence-corrected chi connectivity index (χ2v) is 7.26. The van der Waals surface area contributed by atoms with Gasteiger partial charge >= 0.3 is 0 Å². The molecule has 0 aliphatic rings. The molecule has 1 aromatic heterocycles. The van der Waals surface area contributed by atoms with Gasteiger partial charge in [-0.05, 0) is 36.8 Å². The molecule has 0 radical (unpaired) electrons. The molecule has 2 rings (SSSR count). The van der Waals surface area contributed by atoms with Crippen molar-refractivity contribution in [3.05, 3.63) is 40.4 Å². The van der Waals surface area contributed by atoms with Gasteiger partial charge in [0.15, 0.2) is 5.82 Å². The Hall–Kier alpha value is -1.57. The smallest absolute Gasteiger partial charge is 0.263 e. The van der Waals surface area contributed by atoms with Crippen LogP contribution in [0, 0.1) is 0 Å². The van der Waals surface area contributed by atoms with Gasteiger partial charge in [0.25, 0.3) is 10.0 Å². The maximum atomic E-state index is 12.3. The van der Waals surface area contributed by atoms with Crippen LogP contribution < -0.4 is 10.0 Å². The van der Waals surface area contributed by atoms with Crippen molar-refractivity contribution in [2.75, 3.05) is 16.6 Å². The minimum Gasteiger partial charge on any atom is -0.369 e. The van der Waals surface area contributed by atoms with Crippen LogP contribution in [0.15, 0.2) is 35.2 Å². The topological polar surface area (TPSA) is 84.0 Å². The predicted molar refractivity (Wildman–Crippen MR) is 92.7 cm³/mol. The number of benzene rings is 1. The number of rotatable bonds is 7. The lowest BCUT2D eigenvalue weighted by atomic mass is 10.3. The minimum atomic E-state index is -3.80. The summed E-state index contributed by atoms with van der Waals surface area (Å²) in [6, 6.07) is 7.27. The van der Waals surface area contributed by atoms with E-state index in [0.717, 1.165) is 19.4 Å². The zero-order chi connectivity index (χ0) is 16.9. The third-order valence-electron chi connectivity index (χ3n) is 2.94. The number of hydrogen-bond donors (Lipinski definition) is 2. The molecule has 0 amide bonds. The van der Waals surface area contributed by atoms with Gasteiger partial charge in [0, 0.05) is 6.54 Å². The average molecular weight is 375 g/mol. The zero-order valence-electron chi connectivity index (χ0n) is 12.4. The summed E-state index contributed by atoms with van der Waals surface area (Å²) in [4.78, 5) is -0.00107. The number of aromatic nitrogens is 2. The maximum absolute atomic E-state index is 12.3. The van der Waals surface area contributed by atoms with Crippen LogP contribution in [-0.4, -0.2) is 25.2 Å². The first-order valence-corrected chi connectivity index (χ1v) is 9.22. The summed E-state index contributed by atoms with van der Waals surface area (Å²) in [5.41, 5.74) is 0. The molecule has 1 heterocycles. The monoisotopic (exact) mass is 374 g/mol. The molecule has 2 N–H and O–H groups in total. The van der Waals surface area contributed by atoms with Gasteiger partial charge in [-0.1, -0.05) is 36.5 Å². The third-order valence-corrected chi connectivity index (χ3v) is 5.03. The van der Waals surface area contributed by atoms with E-state index in [9.17, 15) is 8.42 Å². The lowest BCUT2D eigenvalue weighted by Crippen LogP contribution is -2.14. The highest BCUT2D eigenvalue weighted by Gasteiger charge is 2.16. The molecule has 0 fully saturated rings. The highest BCUT2D eigenvalue weighted by Crippen LogP contribution is 2.25. The van der Waals surface area contributed by atoms with Crippen molar-refractivity contribution in [1.29, 1.82) is 0 Å². The first-order valence-electron chi connectivity index (χ1n) is 6.98. The summed E-state index contributed by atoms with van der Waals surface area (Å²) in [7, 11) is -3.80. The fourth-order valence-corrected chi connectivity index (χ4v) is 3.10. The Balaban J connectivity index is 2.09. The molecule has 0 saturated heterocycles. The maximum Gasteiger partial charge on any atom is 0.263 e. The van der Waals surface area contributed by atoms with Gasteiger partial charge in [0.1, 0.15) is 5.82 Å². The Morgan fingerprint density at radius 1 is 1.04 bits per heavy atom. The first kappa shape index (κ1) is 17.8. The molecule has 0 aliphatic carbocycles. The van der Waals surface area contributed by atoms with E-state index < -0.39 is 10.0 Å². The Labute approximate surface area is 145 Å². The van der Waals surface area contributed by atoms with Crippen molar-refractivity contribution < 1.29 is 8.42 Å². The fraction of sp³-hybridized carbons (Fsp3) is 0.286. The molecule has 0 atom stereocenters. The predicted octanol–water partition coefficient (Wildman–Crippen LogP) is 3.80. The Morgan fingerprint density at radius 3 is 2.35 bits per heavy atom. The highest BCUT2D eigenvalue weighted by atomic mass is 35.5. The second-order valence-electron chi connectivity index (χ2n) is 4.77. The van der Waals surface area contributed by atoms with Crippen LogP contribution in [0.2, 0.25) is 10.0 Å². The molecular formula is C14H16Cl2N4O2S. The molecule has 0 unspecified atom stereocenters. The lowest BCUT2D eigenvalue weighted by Gasteiger charge is -2.08. The van der Waals surface area contributed by atoms with E-state index in [1.165, 1.54) is 24.3 Å². The summed E-state index contributed by atoms with van der Waals surface area (Å²) in [5, 5.41) is 11.3. The summed E-state index contributed by atoms with van der Waals surface area (Å²) < 4.78 is 26.9. The van der Waals surface area contributed by atoms with Crippen LogP contribution >= 0.6 is 23.2 Å². The average Bonchev–Trinajstić information content (AvgIpc) is 2.51. The lowest BCUT2D eigenvalue weighted by molar-refractivity contribution is 0.601. The summed E-state index contributed by atoms with van der Waals surface area (Å²) in [6.45, 7) is 2.88. The Kier molecular flexibility index (Phi) is 6.04. The van der Waals surface area contributed by atoms with Crippen LogP contribution in [0.25, 0.3) is 0 Å². The Bertz CT molecular complexity index is 767. The summed E-state index contributed by atoms with van der Waals surface area (Å²) in [5.74, 6) is 0.716. The standard InChI is InChI=1S/C14H16Cl2N4O2S/c1-2-3-8-17-13-6-7-14(19-18-13)20-23(21,22)10-4-5-11(15)12(16)9-10/h4-7,9H,2-3,8H2,1H3,(H,17,18)(H,19,20). The van der Waals surface area contributed by atoms with Gasteiger partial charge in [-0.2, -0.15) is 0 Å². The Morgan fingerprint density at radius 2 is 1.74 bits per heavy atom. The molecular weight excluding hydrogens is 359 g/mol.